The standard InChI is InChI=1S/C42H28N2.C24H17N.C18H12BrN/c1-3-13-29(14-4-1)43(31-23-25-37-35-19-8-7-17-33(35)34-18-9-10-20-36(34)40(37)27-31)32-24-26-39-38-21-11-12-22-41(38)44(42(39)28-32)30-15-5-2-6-16-30;1-2-8-17(9-3-1)25-18-14-15-23-21-12-5-4-10-19(21)20-11-6-7-13-22(20)24(23)16-18;19-13-10-11-16-15-8-4-5-9-17(15)20(18(16)12-13)14-6-2-1-3-7-14/h1-28H;1-16,25H;1-12H/i2D,5D,6D,15D,16D;;1D,2D,3D,6D,7D. The minimum absolute atomic E-state index is 0.129. The second kappa shape index (κ2) is 22.9. The second-order valence-corrected chi connectivity index (χ2v) is 22.8. The molecule has 0 saturated carbocycles. The summed E-state index contributed by atoms with van der Waals surface area (Å²) in [5, 5.41) is 22.3. The summed E-state index contributed by atoms with van der Waals surface area (Å²) >= 11 is 3.46. The molecular formula is C84H57BrN4. The molecule has 5 heteroatoms. The van der Waals surface area contributed by atoms with Crippen LogP contribution in [0.1, 0.15) is 13.7 Å². The summed E-state index contributed by atoms with van der Waals surface area (Å²) in [7, 11) is 0. The maximum atomic E-state index is 8.87. The molecule has 0 spiro atoms. The molecule has 0 aliphatic carbocycles. The zero-order valence-electron chi connectivity index (χ0n) is 57.8. The van der Waals surface area contributed by atoms with Crippen LogP contribution >= 0.6 is 15.9 Å². The lowest BCUT2D eigenvalue weighted by molar-refractivity contribution is 1.18. The quantitative estimate of drug-likeness (QED) is 0.161. The minimum atomic E-state index is -0.410. The fraction of sp³-hybridized carbons (Fsp3) is 0. The van der Waals surface area contributed by atoms with Gasteiger partial charge in [0, 0.05) is 65.8 Å². The number of hydrogen-bond donors (Lipinski definition) is 1. The Bertz CT molecular complexity index is 6190. The van der Waals surface area contributed by atoms with E-state index >= 15 is 0 Å². The first-order chi connectivity index (χ1) is 48.2. The number of hydrogen-bond acceptors (Lipinski definition) is 2. The second-order valence-electron chi connectivity index (χ2n) is 21.8. The van der Waals surface area contributed by atoms with Crippen molar-refractivity contribution in [1.82, 2.24) is 9.13 Å². The molecule has 16 aromatic carbocycles. The average molecular weight is 1210 g/mol. The van der Waals surface area contributed by atoms with Crippen molar-refractivity contribution in [2.75, 3.05) is 10.2 Å². The van der Waals surface area contributed by atoms with E-state index in [0.717, 1.165) is 81.9 Å². The first kappa shape index (κ1) is 43.4. The number of para-hydroxylation sites is 6. The van der Waals surface area contributed by atoms with Crippen LogP contribution in [0.5, 0.6) is 0 Å². The summed E-state index contributed by atoms with van der Waals surface area (Å²) in [5.41, 5.74) is 8.42. The van der Waals surface area contributed by atoms with Crippen molar-refractivity contribution >= 4 is 153 Å². The van der Waals surface area contributed by atoms with Crippen molar-refractivity contribution in [1.29, 1.82) is 0 Å². The third-order valence-corrected chi connectivity index (χ3v) is 17.3. The van der Waals surface area contributed by atoms with Crippen molar-refractivity contribution in [3.05, 3.63) is 344 Å². The number of aromatic nitrogens is 2. The Balaban J connectivity index is 0.000000128. The van der Waals surface area contributed by atoms with Gasteiger partial charge in [0.2, 0.25) is 0 Å². The van der Waals surface area contributed by atoms with Gasteiger partial charge >= 0.3 is 0 Å². The maximum absolute atomic E-state index is 8.87. The molecule has 0 aliphatic heterocycles. The van der Waals surface area contributed by atoms with Crippen LogP contribution in [0, 0.1) is 0 Å². The highest BCUT2D eigenvalue weighted by atomic mass is 79.9. The number of anilines is 5. The van der Waals surface area contributed by atoms with E-state index in [1.165, 1.54) is 59.2 Å². The normalized spacial score (nSPS) is 13.0. The van der Waals surface area contributed by atoms with E-state index in [4.69, 9.17) is 13.7 Å². The predicted molar refractivity (Wildman–Crippen MR) is 385 cm³/mol. The van der Waals surface area contributed by atoms with Gasteiger partial charge in [-0.3, -0.25) is 0 Å². The molecular weight excluding hydrogens is 1140 g/mol. The fourth-order valence-corrected chi connectivity index (χ4v) is 13.3. The third-order valence-electron chi connectivity index (χ3n) is 16.8. The Labute approximate surface area is 538 Å². The van der Waals surface area contributed by atoms with Crippen molar-refractivity contribution in [3.8, 4) is 11.4 Å². The van der Waals surface area contributed by atoms with Crippen molar-refractivity contribution in [3.63, 3.8) is 0 Å². The summed E-state index contributed by atoms with van der Waals surface area (Å²) in [6, 6.07) is 92.6. The largest absolute Gasteiger partial charge is 0.356 e. The van der Waals surface area contributed by atoms with Crippen LogP contribution < -0.4 is 10.2 Å². The molecule has 2 heterocycles. The van der Waals surface area contributed by atoms with Crippen molar-refractivity contribution < 1.29 is 13.7 Å². The van der Waals surface area contributed by atoms with Gasteiger partial charge in [-0.25, -0.2) is 0 Å². The fourth-order valence-electron chi connectivity index (χ4n) is 13.0. The lowest BCUT2D eigenvalue weighted by Crippen LogP contribution is -2.10. The van der Waals surface area contributed by atoms with Crippen LogP contribution in [0.15, 0.2) is 344 Å². The highest BCUT2D eigenvalue weighted by Gasteiger charge is 2.20. The van der Waals surface area contributed by atoms with Crippen LogP contribution in [0.2, 0.25) is 0 Å². The molecule has 0 bridgehead atoms. The third kappa shape index (κ3) is 9.66. The Morgan fingerprint density at radius 3 is 1.10 bits per heavy atom. The zero-order valence-corrected chi connectivity index (χ0v) is 49.4. The molecule has 0 fully saturated rings. The van der Waals surface area contributed by atoms with E-state index in [0.29, 0.717) is 0 Å². The molecule has 0 amide bonds. The number of rotatable bonds is 7. The summed E-state index contributed by atoms with van der Waals surface area (Å²) in [5.74, 6) is 0. The topological polar surface area (TPSA) is 25.1 Å². The SMILES string of the molecule is [2H]c1c([2H])c([2H])c(-n2c3ccccc3c3ccc(Br)cc32)c([2H])c1[2H].[2H]c1c([2H])c([2H])c(-n2c3ccccc3c3ccc(N(c4ccccc4)c4ccc5c6ccccc6c6ccccc6c5c4)cc32)c([2H])c1[2H].c1ccc(Nc2ccc3c4ccccc4c4ccccc4c3c2)cc1. The Kier molecular flexibility index (Phi) is 11.2. The van der Waals surface area contributed by atoms with Crippen LogP contribution in [0.3, 0.4) is 0 Å². The van der Waals surface area contributed by atoms with E-state index < -0.39 is 6.04 Å². The predicted octanol–water partition coefficient (Wildman–Crippen LogP) is 24.1. The van der Waals surface area contributed by atoms with E-state index in [1.54, 1.807) is 4.57 Å². The Morgan fingerprint density at radius 2 is 0.607 bits per heavy atom. The van der Waals surface area contributed by atoms with Gasteiger partial charge in [-0.05, 0) is 174 Å². The van der Waals surface area contributed by atoms with Gasteiger partial charge < -0.3 is 19.4 Å². The zero-order chi connectivity index (χ0) is 67.9. The molecule has 18 rings (SSSR count). The average Bonchev–Trinajstić information content (AvgIpc) is 1.70. The van der Waals surface area contributed by atoms with Gasteiger partial charge in [0.05, 0.1) is 35.8 Å². The molecule has 4 nitrogen and oxygen atoms in total. The number of fused-ring (bicyclic) bond motifs is 18. The van der Waals surface area contributed by atoms with Crippen LogP contribution in [-0.2, 0) is 0 Å². The Morgan fingerprint density at radius 1 is 0.258 bits per heavy atom. The molecule has 0 saturated heterocycles. The number of nitrogens with one attached hydrogen (secondary N) is 1. The maximum Gasteiger partial charge on any atom is 0.0645 e. The number of benzene rings is 16. The van der Waals surface area contributed by atoms with Crippen LogP contribution in [0.4, 0.5) is 28.4 Å². The van der Waals surface area contributed by atoms with Crippen LogP contribution in [0.25, 0.3) is 120 Å². The lowest BCUT2D eigenvalue weighted by Gasteiger charge is -2.26. The highest BCUT2D eigenvalue weighted by Crippen LogP contribution is 2.44. The molecule has 420 valence electrons. The smallest absolute Gasteiger partial charge is 0.0645 e. The van der Waals surface area contributed by atoms with Crippen molar-refractivity contribution in [2.24, 2.45) is 0 Å². The van der Waals surface area contributed by atoms with Gasteiger partial charge in [-0.15, -0.1) is 0 Å². The monoisotopic (exact) mass is 1210 g/mol. The van der Waals surface area contributed by atoms with Gasteiger partial charge in [-0.1, -0.05) is 246 Å². The highest BCUT2D eigenvalue weighted by molar-refractivity contribution is 9.10. The van der Waals surface area contributed by atoms with Gasteiger partial charge in [0.1, 0.15) is 0 Å². The summed E-state index contributed by atoms with van der Waals surface area (Å²) < 4.78 is 87.6. The van der Waals surface area contributed by atoms with Crippen molar-refractivity contribution in [2.45, 2.75) is 0 Å². The molecule has 2 aromatic heterocycles. The number of halogens is 1. The van der Waals surface area contributed by atoms with E-state index in [1.807, 2.05) is 108 Å². The summed E-state index contributed by atoms with van der Waals surface area (Å²) in [6.07, 6.45) is 0. The molecule has 89 heavy (non-hydrogen) atoms. The van der Waals surface area contributed by atoms with E-state index in [2.05, 4.69) is 202 Å². The van der Waals surface area contributed by atoms with E-state index in [9.17, 15) is 0 Å². The van der Waals surface area contributed by atoms with Gasteiger partial charge in [-0.2, -0.15) is 0 Å². The Hall–Kier alpha value is -11.2. The molecule has 18 aromatic rings. The molecule has 0 atom stereocenters. The lowest BCUT2D eigenvalue weighted by atomic mass is 9.94. The minimum Gasteiger partial charge on any atom is -0.356 e. The summed E-state index contributed by atoms with van der Waals surface area (Å²) in [6.45, 7) is 0. The first-order valence-electron chi connectivity index (χ1n) is 34.4. The molecule has 1 N–H and O–H groups in total. The van der Waals surface area contributed by atoms with E-state index in [-0.39, 0.29) is 65.8 Å². The molecule has 0 unspecified atom stereocenters. The first-order valence-corrected chi connectivity index (χ1v) is 30.2. The molecule has 0 aliphatic rings. The number of nitrogens with zero attached hydrogens (tertiary/aromatic N) is 3. The van der Waals surface area contributed by atoms with Gasteiger partial charge in [0.25, 0.3) is 0 Å². The molecule has 0 radical (unpaired) electrons. The van der Waals surface area contributed by atoms with Crippen LogP contribution in [-0.4, -0.2) is 9.13 Å². The summed E-state index contributed by atoms with van der Waals surface area (Å²) in [4.78, 5) is 2.22. The van der Waals surface area contributed by atoms with Gasteiger partial charge in [0.15, 0.2) is 0 Å².